The molecule has 4 aliphatic rings. The molecule has 3 aromatic carbocycles. The van der Waals surface area contributed by atoms with Crippen molar-refractivity contribution in [3.63, 3.8) is 0 Å². The number of ketones is 1. The van der Waals surface area contributed by atoms with E-state index in [2.05, 4.69) is 5.32 Å². The molecule has 1 aliphatic heterocycles. The molecule has 1 saturated heterocycles. The zero-order valence-electron chi connectivity index (χ0n) is 21.2. The molecule has 5 atom stereocenters. The van der Waals surface area contributed by atoms with Gasteiger partial charge in [0.1, 0.15) is 0 Å². The average molecular weight is 534 g/mol. The molecule has 9 heteroatoms. The molecule has 3 aliphatic carbocycles. The number of nitrogens with one attached hydrogen (secondary N) is 1. The van der Waals surface area contributed by atoms with E-state index in [9.17, 15) is 29.3 Å². The first kappa shape index (κ1) is 24.1. The first-order chi connectivity index (χ1) is 19.3. The van der Waals surface area contributed by atoms with Crippen molar-refractivity contribution in [1.29, 1.82) is 0 Å². The van der Waals surface area contributed by atoms with Gasteiger partial charge in [0, 0.05) is 28.9 Å². The SMILES string of the molecule is O=C(CC(c1cccc([N+](=O)[O-])c1)N1C(=O)C2C3C=CC(C3)C2C1=O)Nc1ccc2c(c1)C(=O)c1ccccc1-2. The lowest BCUT2D eigenvalue weighted by molar-refractivity contribution is -0.385. The minimum absolute atomic E-state index is 0.0101. The zero-order valence-corrected chi connectivity index (χ0v) is 21.2. The van der Waals surface area contributed by atoms with Gasteiger partial charge >= 0.3 is 0 Å². The molecule has 5 unspecified atom stereocenters. The summed E-state index contributed by atoms with van der Waals surface area (Å²) in [6.07, 6.45) is 4.46. The zero-order chi connectivity index (χ0) is 27.7. The summed E-state index contributed by atoms with van der Waals surface area (Å²) in [5.74, 6) is -2.23. The van der Waals surface area contributed by atoms with Crippen LogP contribution in [0.25, 0.3) is 11.1 Å². The Morgan fingerprint density at radius 2 is 1.55 bits per heavy atom. The van der Waals surface area contributed by atoms with E-state index >= 15 is 0 Å². The molecule has 1 N–H and O–H groups in total. The van der Waals surface area contributed by atoms with Gasteiger partial charge in [0.05, 0.1) is 29.2 Å². The van der Waals surface area contributed by atoms with E-state index in [0.29, 0.717) is 22.4 Å². The fraction of sp³-hybridized carbons (Fsp3) is 0.226. The summed E-state index contributed by atoms with van der Waals surface area (Å²) < 4.78 is 0. The molecule has 3 amide bonds. The lowest BCUT2D eigenvalue weighted by Gasteiger charge is -2.28. The normalized spacial score (nSPS) is 24.2. The number of benzene rings is 3. The van der Waals surface area contributed by atoms with Gasteiger partial charge in [-0.05, 0) is 47.1 Å². The van der Waals surface area contributed by atoms with Crippen LogP contribution in [0.3, 0.4) is 0 Å². The van der Waals surface area contributed by atoms with Gasteiger partial charge in [-0.25, -0.2) is 0 Å². The molecule has 1 heterocycles. The molecule has 9 nitrogen and oxygen atoms in total. The lowest BCUT2D eigenvalue weighted by atomic mass is 9.85. The van der Waals surface area contributed by atoms with Crippen molar-refractivity contribution in [2.75, 3.05) is 5.32 Å². The Morgan fingerprint density at radius 1 is 0.875 bits per heavy atom. The summed E-state index contributed by atoms with van der Waals surface area (Å²) in [4.78, 5) is 65.6. The summed E-state index contributed by atoms with van der Waals surface area (Å²) in [5, 5.41) is 14.3. The molecule has 0 spiro atoms. The highest BCUT2D eigenvalue weighted by Crippen LogP contribution is 2.54. The Labute approximate surface area is 228 Å². The molecule has 3 aromatic rings. The molecule has 0 radical (unpaired) electrons. The number of nitro groups is 1. The Hall–Kier alpha value is -4.92. The molecule has 2 bridgehead atoms. The van der Waals surface area contributed by atoms with Crippen molar-refractivity contribution in [1.82, 2.24) is 4.90 Å². The Kier molecular flexibility index (Phi) is 5.31. The summed E-state index contributed by atoms with van der Waals surface area (Å²) in [5.41, 5.74) is 3.26. The maximum Gasteiger partial charge on any atom is 0.269 e. The van der Waals surface area contributed by atoms with Crippen LogP contribution in [-0.4, -0.2) is 33.3 Å². The largest absolute Gasteiger partial charge is 0.326 e. The van der Waals surface area contributed by atoms with Gasteiger partial charge in [-0.15, -0.1) is 0 Å². The molecule has 1 saturated carbocycles. The second kappa shape index (κ2) is 8.81. The van der Waals surface area contributed by atoms with Crippen LogP contribution < -0.4 is 5.32 Å². The van der Waals surface area contributed by atoms with Crippen LogP contribution in [0.2, 0.25) is 0 Å². The number of non-ortho nitro benzene ring substituents is 1. The van der Waals surface area contributed by atoms with E-state index in [-0.39, 0.29) is 41.5 Å². The van der Waals surface area contributed by atoms with Gasteiger partial charge in [-0.1, -0.05) is 54.6 Å². The van der Waals surface area contributed by atoms with Crippen LogP contribution in [0.5, 0.6) is 0 Å². The summed E-state index contributed by atoms with van der Waals surface area (Å²) in [6.45, 7) is 0. The van der Waals surface area contributed by atoms with E-state index in [4.69, 9.17) is 0 Å². The van der Waals surface area contributed by atoms with E-state index < -0.39 is 28.7 Å². The number of amides is 3. The van der Waals surface area contributed by atoms with E-state index in [1.165, 1.54) is 18.2 Å². The van der Waals surface area contributed by atoms with Crippen molar-refractivity contribution < 1.29 is 24.1 Å². The van der Waals surface area contributed by atoms with Crippen molar-refractivity contribution in [3.05, 3.63) is 106 Å². The molecule has 2 fully saturated rings. The van der Waals surface area contributed by atoms with Crippen LogP contribution in [0.1, 0.15) is 40.4 Å². The van der Waals surface area contributed by atoms with Crippen LogP contribution in [-0.2, 0) is 14.4 Å². The molecule has 198 valence electrons. The first-order valence-corrected chi connectivity index (χ1v) is 13.2. The first-order valence-electron chi connectivity index (χ1n) is 13.2. The number of imide groups is 1. The standard InChI is InChI=1S/C31H23N3O6/c35-26(32-19-10-11-22-21-6-1-2-7-23(21)29(36)24(22)14-19)15-25(16-4-3-5-20(13-16)34(39)40)33-30(37)27-17-8-9-18(12-17)28(27)31(33)38/h1-11,13-14,17-18,25,27-28H,12,15H2,(H,32,35). The second-order valence-corrected chi connectivity index (χ2v) is 10.8. The van der Waals surface area contributed by atoms with Crippen LogP contribution in [0.4, 0.5) is 11.4 Å². The molecule has 7 rings (SSSR count). The monoisotopic (exact) mass is 533 g/mol. The van der Waals surface area contributed by atoms with Crippen LogP contribution in [0, 0.1) is 33.8 Å². The van der Waals surface area contributed by atoms with E-state index in [1.807, 2.05) is 24.3 Å². The number of nitro benzene ring substituents is 1. The van der Waals surface area contributed by atoms with Crippen LogP contribution in [0.15, 0.2) is 78.9 Å². The average Bonchev–Trinajstić information content (AvgIpc) is 3.70. The highest BCUT2D eigenvalue weighted by Gasteiger charge is 2.60. The lowest BCUT2D eigenvalue weighted by Crippen LogP contribution is -2.38. The van der Waals surface area contributed by atoms with Crippen molar-refractivity contribution in [2.45, 2.75) is 18.9 Å². The van der Waals surface area contributed by atoms with Gasteiger partial charge in [0.2, 0.25) is 17.7 Å². The van der Waals surface area contributed by atoms with Crippen LogP contribution >= 0.6 is 0 Å². The van der Waals surface area contributed by atoms with Gasteiger partial charge in [-0.2, -0.15) is 0 Å². The maximum absolute atomic E-state index is 13.6. The predicted octanol–water partition coefficient (Wildman–Crippen LogP) is 4.68. The minimum atomic E-state index is -1.01. The van der Waals surface area contributed by atoms with E-state index in [1.54, 1.807) is 36.4 Å². The third-order valence-corrected chi connectivity index (χ3v) is 8.67. The fourth-order valence-electron chi connectivity index (χ4n) is 6.93. The Bertz CT molecular complexity index is 1660. The number of hydrogen-bond acceptors (Lipinski definition) is 6. The topological polar surface area (TPSA) is 127 Å². The molecule has 0 aromatic heterocycles. The number of rotatable bonds is 6. The highest BCUT2D eigenvalue weighted by molar-refractivity contribution is 6.22. The summed E-state index contributed by atoms with van der Waals surface area (Å²) in [6, 6.07) is 17.1. The highest BCUT2D eigenvalue weighted by atomic mass is 16.6. The smallest absolute Gasteiger partial charge is 0.269 e. The van der Waals surface area contributed by atoms with Gasteiger partial charge in [0.15, 0.2) is 5.78 Å². The summed E-state index contributed by atoms with van der Waals surface area (Å²) in [7, 11) is 0. The number of likely N-dealkylation sites (tertiary alicyclic amines) is 1. The summed E-state index contributed by atoms with van der Waals surface area (Å²) >= 11 is 0. The third kappa shape index (κ3) is 3.54. The predicted molar refractivity (Wildman–Crippen MR) is 144 cm³/mol. The number of carbonyl (C=O) groups excluding carboxylic acids is 4. The number of hydrogen-bond donors (Lipinski definition) is 1. The number of fused-ring (bicyclic) bond motifs is 8. The molecular weight excluding hydrogens is 510 g/mol. The fourth-order valence-corrected chi connectivity index (χ4v) is 6.93. The maximum atomic E-state index is 13.6. The quantitative estimate of drug-likeness (QED) is 0.166. The van der Waals surface area contributed by atoms with Crippen molar-refractivity contribution in [2.24, 2.45) is 23.7 Å². The van der Waals surface area contributed by atoms with Gasteiger partial charge in [-0.3, -0.25) is 34.2 Å². The number of anilines is 1. The van der Waals surface area contributed by atoms with E-state index in [0.717, 1.165) is 22.4 Å². The van der Waals surface area contributed by atoms with Crippen molar-refractivity contribution >= 4 is 34.9 Å². The third-order valence-electron chi connectivity index (χ3n) is 8.67. The van der Waals surface area contributed by atoms with Crippen molar-refractivity contribution in [3.8, 4) is 11.1 Å². The molecule has 40 heavy (non-hydrogen) atoms. The number of nitrogens with zero attached hydrogens (tertiary/aromatic N) is 2. The Balaban J connectivity index is 1.19. The van der Waals surface area contributed by atoms with Gasteiger partial charge < -0.3 is 5.32 Å². The second-order valence-electron chi connectivity index (χ2n) is 10.8. The number of allylic oxidation sites excluding steroid dienone is 2. The number of carbonyl (C=O) groups is 4. The molecular formula is C31H23N3O6. The van der Waals surface area contributed by atoms with Gasteiger partial charge in [0.25, 0.3) is 5.69 Å². The Morgan fingerprint density at radius 3 is 2.25 bits per heavy atom. The minimum Gasteiger partial charge on any atom is -0.326 e.